The Morgan fingerprint density at radius 1 is 1.46 bits per heavy atom. The highest BCUT2D eigenvalue weighted by molar-refractivity contribution is 4.71. The van der Waals surface area contributed by atoms with Crippen LogP contribution in [0.25, 0.3) is 0 Å². The third-order valence-corrected chi connectivity index (χ3v) is 1.81. The first-order valence-electron chi connectivity index (χ1n) is 4.70. The zero-order chi connectivity index (χ0) is 9.73. The normalized spacial score (nSPS) is 24.7. The number of hydrogen-bond donors (Lipinski definition) is 2. The Balaban J connectivity index is 2.04. The molecular formula is C9H19NO3. The second-order valence-electron chi connectivity index (χ2n) is 4.01. The molecule has 0 bridgehead atoms. The first-order chi connectivity index (χ1) is 6.08. The van der Waals surface area contributed by atoms with Crippen molar-refractivity contribution in [3.63, 3.8) is 0 Å². The molecule has 0 aromatic rings. The Labute approximate surface area is 79.2 Å². The molecule has 4 heteroatoms. The number of rotatable bonds is 4. The van der Waals surface area contributed by atoms with E-state index in [1.54, 1.807) is 13.8 Å². The largest absolute Gasteiger partial charge is 0.389 e. The molecule has 13 heavy (non-hydrogen) atoms. The maximum atomic E-state index is 9.41. The van der Waals surface area contributed by atoms with Crippen molar-refractivity contribution in [3.8, 4) is 0 Å². The number of ether oxygens (including phenoxy) is 2. The molecule has 1 aliphatic heterocycles. The highest BCUT2D eigenvalue weighted by Crippen LogP contribution is 2.01. The van der Waals surface area contributed by atoms with E-state index in [4.69, 9.17) is 9.47 Å². The molecule has 0 amide bonds. The molecule has 0 saturated carbocycles. The van der Waals surface area contributed by atoms with E-state index in [2.05, 4.69) is 5.32 Å². The minimum Gasteiger partial charge on any atom is -0.389 e. The Morgan fingerprint density at radius 3 is 2.77 bits per heavy atom. The summed E-state index contributed by atoms with van der Waals surface area (Å²) in [5.74, 6) is 0. The van der Waals surface area contributed by atoms with Crippen LogP contribution in [0.4, 0.5) is 0 Å². The first-order valence-corrected chi connectivity index (χ1v) is 4.70. The molecule has 2 N–H and O–H groups in total. The molecule has 1 atom stereocenters. The summed E-state index contributed by atoms with van der Waals surface area (Å²) < 4.78 is 10.7. The van der Waals surface area contributed by atoms with Gasteiger partial charge in [0.05, 0.1) is 31.5 Å². The molecule has 0 radical (unpaired) electrons. The van der Waals surface area contributed by atoms with Crippen molar-refractivity contribution in [3.05, 3.63) is 0 Å². The van der Waals surface area contributed by atoms with Gasteiger partial charge in [0.25, 0.3) is 0 Å². The summed E-state index contributed by atoms with van der Waals surface area (Å²) in [6.07, 6.45) is 0.135. The fourth-order valence-corrected chi connectivity index (χ4v) is 1.19. The molecular weight excluding hydrogens is 170 g/mol. The van der Waals surface area contributed by atoms with Crippen LogP contribution in [0.5, 0.6) is 0 Å². The van der Waals surface area contributed by atoms with Crippen LogP contribution in [0, 0.1) is 0 Å². The van der Waals surface area contributed by atoms with Crippen LogP contribution in [0.15, 0.2) is 0 Å². The Hall–Kier alpha value is -0.160. The molecule has 0 aromatic heterocycles. The van der Waals surface area contributed by atoms with Gasteiger partial charge in [-0.15, -0.1) is 0 Å². The smallest absolute Gasteiger partial charge is 0.0933 e. The summed E-state index contributed by atoms with van der Waals surface area (Å²) in [5.41, 5.74) is -0.657. The van der Waals surface area contributed by atoms with Crippen molar-refractivity contribution in [2.75, 3.05) is 32.9 Å². The number of hydrogen-bond acceptors (Lipinski definition) is 4. The summed E-state index contributed by atoms with van der Waals surface area (Å²) in [7, 11) is 0. The predicted molar refractivity (Wildman–Crippen MR) is 49.7 cm³/mol. The lowest BCUT2D eigenvalue weighted by atomic mass is 10.1. The van der Waals surface area contributed by atoms with Gasteiger partial charge in [-0.3, -0.25) is 0 Å². The average molecular weight is 189 g/mol. The Morgan fingerprint density at radius 2 is 2.23 bits per heavy atom. The van der Waals surface area contributed by atoms with Crippen molar-refractivity contribution in [2.24, 2.45) is 0 Å². The quantitative estimate of drug-likeness (QED) is 0.641. The highest BCUT2D eigenvalue weighted by Gasteiger charge is 2.16. The van der Waals surface area contributed by atoms with Gasteiger partial charge in [-0.05, 0) is 13.8 Å². The van der Waals surface area contributed by atoms with E-state index in [0.717, 1.165) is 6.54 Å². The lowest BCUT2D eigenvalue weighted by Crippen LogP contribution is -2.42. The van der Waals surface area contributed by atoms with Crippen LogP contribution in [-0.2, 0) is 9.47 Å². The highest BCUT2D eigenvalue weighted by atomic mass is 16.6. The van der Waals surface area contributed by atoms with E-state index < -0.39 is 5.60 Å². The van der Waals surface area contributed by atoms with E-state index in [1.807, 2.05) is 0 Å². The maximum Gasteiger partial charge on any atom is 0.0933 e. The van der Waals surface area contributed by atoms with Crippen LogP contribution < -0.4 is 5.32 Å². The zero-order valence-electron chi connectivity index (χ0n) is 8.38. The van der Waals surface area contributed by atoms with Crippen LogP contribution in [0.3, 0.4) is 0 Å². The van der Waals surface area contributed by atoms with Crippen molar-refractivity contribution >= 4 is 0 Å². The minimum absolute atomic E-state index is 0.135. The number of nitrogens with one attached hydrogen (secondary N) is 1. The van der Waals surface area contributed by atoms with Gasteiger partial charge in [0.15, 0.2) is 0 Å². The number of aliphatic hydroxyl groups is 1. The molecule has 78 valence electrons. The standard InChI is InChI=1S/C9H19NO3/c1-9(2,11)7-10-5-8-6-12-3-4-13-8/h8,10-11H,3-7H2,1-2H3. The van der Waals surface area contributed by atoms with Gasteiger partial charge in [0.2, 0.25) is 0 Å². The summed E-state index contributed by atoms with van der Waals surface area (Å²) in [6.45, 7) is 6.89. The van der Waals surface area contributed by atoms with E-state index in [9.17, 15) is 5.11 Å². The average Bonchev–Trinajstić information content (AvgIpc) is 2.04. The van der Waals surface area contributed by atoms with Gasteiger partial charge in [-0.2, -0.15) is 0 Å². The molecule has 1 heterocycles. The molecule has 1 unspecified atom stereocenters. The molecule has 0 aliphatic carbocycles. The minimum atomic E-state index is -0.657. The third kappa shape index (κ3) is 5.21. The Bertz CT molecular complexity index is 138. The van der Waals surface area contributed by atoms with E-state index in [0.29, 0.717) is 26.4 Å². The van der Waals surface area contributed by atoms with Gasteiger partial charge in [-0.1, -0.05) is 0 Å². The molecule has 1 rings (SSSR count). The first kappa shape index (κ1) is 10.9. The second-order valence-corrected chi connectivity index (χ2v) is 4.01. The second kappa shape index (κ2) is 4.91. The topological polar surface area (TPSA) is 50.7 Å². The van der Waals surface area contributed by atoms with Crippen molar-refractivity contribution in [1.29, 1.82) is 0 Å². The monoisotopic (exact) mass is 189 g/mol. The Kier molecular flexibility index (Phi) is 4.12. The van der Waals surface area contributed by atoms with Crippen LogP contribution in [0.1, 0.15) is 13.8 Å². The summed E-state index contributed by atoms with van der Waals surface area (Å²) in [4.78, 5) is 0. The molecule has 1 fully saturated rings. The van der Waals surface area contributed by atoms with E-state index >= 15 is 0 Å². The molecule has 4 nitrogen and oxygen atoms in total. The van der Waals surface area contributed by atoms with Crippen molar-refractivity contribution < 1.29 is 14.6 Å². The summed E-state index contributed by atoms with van der Waals surface area (Å²) >= 11 is 0. The fraction of sp³-hybridized carbons (Fsp3) is 1.00. The fourth-order valence-electron chi connectivity index (χ4n) is 1.19. The van der Waals surface area contributed by atoms with E-state index in [1.165, 1.54) is 0 Å². The molecule has 1 aliphatic rings. The summed E-state index contributed by atoms with van der Waals surface area (Å²) in [5, 5.41) is 12.6. The molecule has 0 spiro atoms. The van der Waals surface area contributed by atoms with Gasteiger partial charge in [0.1, 0.15) is 0 Å². The van der Waals surface area contributed by atoms with Crippen LogP contribution in [-0.4, -0.2) is 49.7 Å². The lowest BCUT2D eigenvalue weighted by Gasteiger charge is -2.25. The van der Waals surface area contributed by atoms with Crippen molar-refractivity contribution in [1.82, 2.24) is 5.32 Å². The van der Waals surface area contributed by atoms with Crippen LogP contribution in [0.2, 0.25) is 0 Å². The lowest BCUT2D eigenvalue weighted by molar-refractivity contribution is -0.0874. The SMILES string of the molecule is CC(C)(O)CNCC1COCCO1. The van der Waals surface area contributed by atoms with Gasteiger partial charge >= 0.3 is 0 Å². The zero-order valence-corrected chi connectivity index (χ0v) is 8.38. The maximum absolute atomic E-state index is 9.41. The molecule has 0 aromatic carbocycles. The van der Waals surface area contributed by atoms with Gasteiger partial charge in [0, 0.05) is 13.1 Å². The summed E-state index contributed by atoms with van der Waals surface area (Å²) in [6, 6.07) is 0. The predicted octanol–water partition coefficient (Wildman–Crippen LogP) is -0.238. The van der Waals surface area contributed by atoms with Crippen LogP contribution >= 0.6 is 0 Å². The molecule has 1 saturated heterocycles. The third-order valence-electron chi connectivity index (χ3n) is 1.81. The van der Waals surface area contributed by atoms with Gasteiger partial charge < -0.3 is 19.9 Å². The van der Waals surface area contributed by atoms with Crippen molar-refractivity contribution in [2.45, 2.75) is 25.6 Å². The van der Waals surface area contributed by atoms with Gasteiger partial charge in [-0.25, -0.2) is 0 Å². The van der Waals surface area contributed by atoms with E-state index in [-0.39, 0.29) is 6.10 Å².